The van der Waals surface area contributed by atoms with Crippen molar-refractivity contribution >= 4 is 25.7 Å². The number of hydrogen-bond donors (Lipinski definition) is 2. The zero-order chi connectivity index (χ0) is 51.3. The third-order valence-corrected chi connectivity index (χ3v) is 13.1. The van der Waals surface area contributed by atoms with E-state index in [1.54, 1.807) is 0 Å². The minimum Gasteiger partial charge on any atom is -0.462 e. The van der Waals surface area contributed by atoms with Crippen LogP contribution in [-0.4, -0.2) is 66.5 Å². The molecule has 0 fully saturated rings. The zero-order valence-electron chi connectivity index (χ0n) is 45.0. The Hall–Kier alpha value is -2.56. The molecule has 3 unspecified atom stereocenters. The molecule has 0 saturated carbocycles. The number of carbonyl (C=O) groups excluding carboxylic acids is 3. The Morgan fingerprint density at radius 2 is 0.729 bits per heavy atom. The average molecular weight is 1010 g/mol. The minimum absolute atomic E-state index is 0.152. The Kier molecular flexibility index (Phi) is 50.8. The van der Waals surface area contributed by atoms with E-state index in [9.17, 15) is 28.9 Å². The summed E-state index contributed by atoms with van der Waals surface area (Å²) in [6.45, 7) is 4.51. The van der Waals surface area contributed by atoms with Crippen LogP contribution in [0.3, 0.4) is 0 Å². The summed E-state index contributed by atoms with van der Waals surface area (Å²) < 4.78 is 39.5. The molecule has 0 heterocycles. The number of phosphoric acid groups is 1. The van der Waals surface area contributed by atoms with Crippen molar-refractivity contribution in [3.63, 3.8) is 0 Å². The highest BCUT2D eigenvalue weighted by Gasteiger charge is 2.28. The number of esters is 3. The molecule has 0 radical (unpaired) electrons. The smallest absolute Gasteiger partial charge is 0.462 e. The second kappa shape index (κ2) is 52.8. The second-order valence-corrected chi connectivity index (χ2v) is 20.6. The van der Waals surface area contributed by atoms with E-state index in [2.05, 4.69) is 69.4 Å². The van der Waals surface area contributed by atoms with Crippen LogP contribution in [0.4, 0.5) is 0 Å². The van der Waals surface area contributed by atoms with Crippen molar-refractivity contribution in [2.45, 2.75) is 277 Å². The number of carbonyl (C=O) groups is 3. The molecule has 0 saturated heterocycles. The molecule has 0 aromatic carbocycles. The highest BCUT2D eigenvalue weighted by Crippen LogP contribution is 2.43. The van der Waals surface area contributed by atoms with Gasteiger partial charge in [-0.15, -0.1) is 0 Å². The second-order valence-electron chi connectivity index (χ2n) is 19.1. The van der Waals surface area contributed by atoms with Crippen molar-refractivity contribution in [1.29, 1.82) is 0 Å². The van der Waals surface area contributed by atoms with Gasteiger partial charge in [-0.1, -0.05) is 223 Å². The normalized spacial score (nSPS) is 13.7. The standard InChI is InChI=1S/C58H105O11P/c1-4-7-10-13-16-19-22-25-26-27-28-31-32-35-38-41-44-47-56(60)65-51-55(69-58(62)49-46-43-40-37-34-30-24-21-18-15-12-9-6-3)53-67-70(63,64)66-52-54(50-59)68-57(61)48-45-42-39-36-33-29-23-20-17-14-11-8-5-2/h11-12,14-15,20-21,23-24,54-55,59H,4-10,13,16-19,22,25-53H2,1-3H3,(H,63,64)/b14-11-,15-12-,23-20-,24-21-. The molecule has 0 aliphatic heterocycles. The lowest BCUT2D eigenvalue weighted by atomic mass is 10.0. The van der Waals surface area contributed by atoms with Gasteiger partial charge in [0.15, 0.2) is 6.10 Å². The molecule has 11 nitrogen and oxygen atoms in total. The number of hydrogen-bond acceptors (Lipinski definition) is 10. The maximum Gasteiger partial charge on any atom is 0.472 e. The summed E-state index contributed by atoms with van der Waals surface area (Å²) >= 11 is 0. The molecule has 408 valence electrons. The first kappa shape index (κ1) is 67.4. The highest BCUT2D eigenvalue weighted by atomic mass is 31.2. The van der Waals surface area contributed by atoms with Crippen LogP contribution in [-0.2, 0) is 42.2 Å². The molecule has 12 heteroatoms. The molecule has 0 aliphatic carbocycles. The molecule has 2 N–H and O–H groups in total. The number of phosphoric ester groups is 1. The highest BCUT2D eigenvalue weighted by molar-refractivity contribution is 7.47. The molecule has 0 aromatic heterocycles. The summed E-state index contributed by atoms with van der Waals surface area (Å²) in [5, 5.41) is 9.79. The van der Waals surface area contributed by atoms with E-state index in [4.69, 9.17) is 23.3 Å². The maximum absolute atomic E-state index is 12.9. The summed E-state index contributed by atoms with van der Waals surface area (Å²) in [6.07, 6.45) is 55.0. The number of aliphatic hydroxyl groups is 1. The van der Waals surface area contributed by atoms with Crippen molar-refractivity contribution in [3.05, 3.63) is 48.6 Å². The Morgan fingerprint density at radius 3 is 1.11 bits per heavy atom. The fourth-order valence-electron chi connectivity index (χ4n) is 7.84. The molecule has 0 rings (SSSR count). The lowest BCUT2D eigenvalue weighted by molar-refractivity contribution is -0.161. The minimum atomic E-state index is -4.75. The summed E-state index contributed by atoms with van der Waals surface area (Å²) in [5.74, 6) is -1.48. The number of ether oxygens (including phenoxy) is 3. The van der Waals surface area contributed by atoms with E-state index in [1.807, 2.05) is 0 Å². The summed E-state index contributed by atoms with van der Waals surface area (Å²) in [7, 11) is -4.75. The van der Waals surface area contributed by atoms with Crippen LogP contribution in [0.5, 0.6) is 0 Å². The third kappa shape index (κ3) is 50.4. The fraction of sp³-hybridized carbons (Fsp3) is 0.810. The van der Waals surface area contributed by atoms with Gasteiger partial charge < -0.3 is 24.2 Å². The van der Waals surface area contributed by atoms with Crippen LogP contribution >= 0.6 is 7.82 Å². The Labute approximate surface area is 428 Å². The van der Waals surface area contributed by atoms with Crippen LogP contribution in [0.25, 0.3) is 0 Å². The van der Waals surface area contributed by atoms with Crippen LogP contribution in [0, 0.1) is 0 Å². The van der Waals surface area contributed by atoms with E-state index < -0.39 is 57.8 Å². The first-order chi connectivity index (χ1) is 34.2. The van der Waals surface area contributed by atoms with E-state index in [-0.39, 0.29) is 25.9 Å². The summed E-state index contributed by atoms with van der Waals surface area (Å²) in [6, 6.07) is 0. The van der Waals surface area contributed by atoms with Gasteiger partial charge in [0.2, 0.25) is 0 Å². The number of allylic oxidation sites excluding steroid dienone is 8. The Morgan fingerprint density at radius 1 is 0.400 bits per heavy atom. The van der Waals surface area contributed by atoms with Crippen molar-refractivity contribution in [1.82, 2.24) is 0 Å². The Balaban J connectivity index is 4.70. The van der Waals surface area contributed by atoms with Gasteiger partial charge in [-0.3, -0.25) is 23.4 Å². The summed E-state index contributed by atoms with van der Waals surface area (Å²) in [4.78, 5) is 48.5. The van der Waals surface area contributed by atoms with Gasteiger partial charge in [0.25, 0.3) is 0 Å². The van der Waals surface area contributed by atoms with Gasteiger partial charge in [-0.05, 0) is 70.6 Å². The molecule has 0 spiro atoms. The molecule has 3 atom stereocenters. The molecule has 0 amide bonds. The van der Waals surface area contributed by atoms with E-state index in [0.29, 0.717) is 19.3 Å². The van der Waals surface area contributed by atoms with Gasteiger partial charge in [-0.2, -0.15) is 0 Å². The lowest BCUT2D eigenvalue weighted by Crippen LogP contribution is -2.30. The van der Waals surface area contributed by atoms with Crippen molar-refractivity contribution in [2.75, 3.05) is 26.4 Å². The quantitative estimate of drug-likeness (QED) is 0.0197. The molecule has 0 aromatic rings. The van der Waals surface area contributed by atoms with Gasteiger partial charge in [0, 0.05) is 19.3 Å². The Bertz CT molecular complexity index is 1360. The molecular formula is C58H105O11P. The van der Waals surface area contributed by atoms with Crippen molar-refractivity contribution in [3.8, 4) is 0 Å². The van der Waals surface area contributed by atoms with Gasteiger partial charge >= 0.3 is 25.7 Å². The molecule has 0 bridgehead atoms. The number of aliphatic hydroxyl groups excluding tert-OH is 1. The maximum atomic E-state index is 12.9. The molecule has 70 heavy (non-hydrogen) atoms. The van der Waals surface area contributed by atoms with E-state index in [0.717, 1.165) is 116 Å². The average Bonchev–Trinajstić information content (AvgIpc) is 3.35. The van der Waals surface area contributed by atoms with Crippen molar-refractivity contribution < 1.29 is 52.2 Å². The zero-order valence-corrected chi connectivity index (χ0v) is 45.9. The predicted octanol–water partition coefficient (Wildman–Crippen LogP) is 16.6. The predicted molar refractivity (Wildman–Crippen MR) is 289 cm³/mol. The van der Waals surface area contributed by atoms with E-state index >= 15 is 0 Å². The van der Waals surface area contributed by atoms with Crippen LogP contribution in [0.2, 0.25) is 0 Å². The first-order valence-electron chi connectivity index (χ1n) is 28.5. The number of unbranched alkanes of at least 4 members (excludes halogenated alkanes) is 28. The number of rotatable bonds is 53. The monoisotopic (exact) mass is 1010 g/mol. The third-order valence-electron chi connectivity index (χ3n) is 12.2. The molecule has 0 aliphatic rings. The summed E-state index contributed by atoms with van der Waals surface area (Å²) in [5.41, 5.74) is 0. The van der Waals surface area contributed by atoms with Gasteiger partial charge in [0.05, 0.1) is 19.8 Å². The van der Waals surface area contributed by atoms with Gasteiger partial charge in [-0.25, -0.2) is 4.57 Å². The lowest BCUT2D eigenvalue weighted by Gasteiger charge is -2.21. The van der Waals surface area contributed by atoms with Crippen LogP contribution in [0.15, 0.2) is 48.6 Å². The molecular weight excluding hydrogens is 904 g/mol. The van der Waals surface area contributed by atoms with Gasteiger partial charge in [0.1, 0.15) is 12.7 Å². The largest absolute Gasteiger partial charge is 0.472 e. The SMILES string of the molecule is CCC/C=C\C/C=C\CCCCCCCC(=O)OC(CO)COP(=O)(O)OCC(COC(=O)CCCCCCCCCCCCCCCCCCC)OC(=O)CCCCCCC/C=C\C/C=C\CCC. The fourth-order valence-corrected chi connectivity index (χ4v) is 8.63. The van der Waals surface area contributed by atoms with Crippen LogP contribution in [0.1, 0.15) is 265 Å². The first-order valence-corrected chi connectivity index (χ1v) is 30.0. The van der Waals surface area contributed by atoms with Crippen LogP contribution < -0.4 is 0 Å². The van der Waals surface area contributed by atoms with Crippen molar-refractivity contribution in [2.24, 2.45) is 0 Å². The van der Waals surface area contributed by atoms with E-state index in [1.165, 1.54) is 89.9 Å². The topological polar surface area (TPSA) is 155 Å².